The van der Waals surface area contributed by atoms with Gasteiger partial charge in [-0.05, 0) is 19.4 Å². The zero-order chi connectivity index (χ0) is 12.3. The first kappa shape index (κ1) is 15.8. The molecule has 0 aliphatic rings. The molecule has 2 N–H and O–H groups in total. The van der Waals surface area contributed by atoms with E-state index in [1.165, 1.54) is 25.7 Å². The molecule has 0 rings (SSSR count). The monoisotopic (exact) mass is 253 g/mol. The molecule has 0 saturated heterocycles. The third-order valence-corrected chi connectivity index (χ3v) is 3.37. The second kappa shape index (κ2) is 10.0. The molecule has 0 aliphatic heterocycles. The van der Waals surface area contributed by atoms with E-state index < -0.39 is 10.2 Å². The van der Waals surface area contributed by atoms with E-state index in [9.17, 15) is 12.3 Å². The molecule has 5 heteroatoms. The maximum atomic E-state index is 12.1. The van der Waals surface area contributed by atoms with Crippen LogP contribution in [0.15, 0.2) is 0 Å². The number of rotatable bonds is 11. The standard InChI is InChI=1S/C11H24FNO2S/c12-16(14,15)11-9-7-5-3-1-2-4-6-8-10-13/h1-11,13H2. The largest absolute Gasteiger partial charge is 0.330 e. The van der Waals surface area contributed by atoms with Crippen molar-refractivity contribution in [1.82, 2.24) is 0 Å². The maximum Gasteiger partial charge on any atom is 0.302 e. The van der Waals surface area contributed by atoms with Gasteiger partial charge in [-0.2, -0.15) is 8.42 Å². The highest BCUT2D eigenvalue weighted by molar-refractivity contribution is 7.86. The SMILES string of the molecule is NCCCCCCCCCCCS(=O)(=O)F. The van der Waals surface area contributed by atoms with Gasteiger partial charge in [-0.25, -0.2) is 0 Å². The fraction of sp³-hybridized carbons (Fsp3) is 1.00. The average Bonchev–Trinajstić information content (AvgIpc) is 2.19. The first-order valence-electron chi connectivity index (χ1n) is 6.18. The first-order valence-corrected chi connectivity index (χ1v) is 7.74. The van der Waals surface area contributed by atoms with Crippen LogP contribution in [0.25, 0.3) is 0 Å². The van der Waals surface area contributed by atoms with E-state index >= 15 is 0 Å². The van der Waals surface area contributed by atoms with Gasteiger partial charge < -0.3 is 5.73 Å². The van der Waals surface area contributed by atoms with Gasteiger partial charge in [-0.1, -0.05) is 44.9 Å². The van der Waals surface area contributed by atoms with Crippen LogP contribution in [0.2, 0.25) is 0 Å². The number of unbranched alkanes of at least 4 members (excludes halogenated alkanes) is 8. The van der Waals surface area contributed by atoms with Gasteiger partial charge in [-0.15, -0.1) is 3.89 Å². The van der Waals surface area contributed by atoms with E-state index in [1.807, 2.05) is 0 Å². The highest BCUT2D eigenvalue weighted by Crippen LogP contribution is 2.10. The van der Waals surface area contributed by atoms with Gasteiger partial charge in [0.15, 0.2) is 0 Å². The summed E-state index contributed by atoms with van der Waals surface area (Å²) in [6.07, 6.45) is 9.34. The van der Waals surface area contributed by atoms with Crippen LogP contribution in [-0.2, 0) is 10.2 Å². The molecule has 0 spiro atoms. The molecule has 0 aliphatic carbocycles. The fourth-order valence-corrected chi connectivity index (χ4v) is 2.21. The lowest BCUT2D eigenvalue weighted by atomic mass is 10.1. The predicted molar refractivity (Wildman–Crippen MR) is 65.5 cm³/mol. The minimum atomic E-state index is -4.24. The Hall–Kier alpha value is -0.160. The summed E-state index contributed by atoms with van der Waals surface area (Å²) in [5.41, 5.74) is 5.38. The first-order chi connectivity index (χ1) is 7.56. The van der Waals surface area contributed by atoms with Crippen LogP contribution in [0.3, 0.4) is 0 Å². The van der Waals surface area contributed by atoms with Crippen LogP contribution in [0.5, 0.6) is 0 Å². The summed E-state index contributed by atoms with van der Waals surface area (Å²) in [6.45, 7) is 0.776. The number of hydrogen-bond acceptors (Lipinski definition) is 3. The average molecular weight is 253 g/mol. The molecule has 0 radical (unpaired) electrons. The number of hydrogen-bond donors (Lipinski definition) is 1. The minimum absolute atomic E-state index is 0.316. The summed E-state index contributed by atoms with van der Waals surface area (Å²) in [5.74, 6) is -0.316. The van der Waals surface area contributed by atoms with E-state index in [1.54, 1.807) is 0 Å². The van der Waals surface area contributed by atoms with Crippen molar-refractivity contribution < 1.29 is 12.3 Å². The number of nitrogens with two attached hydrogens (primary N) is 1. The Morgan fingerprint density at radius 1 is 0.750 bits per heavy atom. The van der Waals surface area contributed by atoms with Gasteiger partial charge >= 0.3 is 10.2 Å². The molecule has 0 unspecified atom stereocenters. The van der Waals surface area contributed by atoms with Crippen molar-refractivity contribution in [3.05, 3.63) is 0 Å². The predicted octanol–water partition coefficient (Wildman–Crippen LogP) is 2.76. The third-order valence-electron chi connectivity index (χ3n) is 2.59. The Labute approximate surface area is 98.8 Å². The molecule has 0 aromatic rings. The summed E-state index contributed by atoms with van der Waals surface area (Å²) in [7, 11) is -4.24. The normalized spacial score (nSPS) is 11.9. The molecule has 3 nitrogen and oxygen atoms in total. The molecule has 0 amide bonds. The second-order valence-electron chi connectivity index (χ2n) is 4.21. The summed E-state index contributed by atoms with van der Waals surface area (Å²) in [4.78, 5) is 0. The zero-order valence-corrected chi connectivity index (χ0v) is 10.8. The van der Waals surface area contributed by atoms with Crippen molar-refractivity contribution in [3.8, 4) is 0 Å². The lowest BCUT2D eigenvalue weighted by Gasteiger charge is -2.01. The van der Waals surface area contributed by atoms with Gasteiger partial charge in [0.25, 0.3) is 0 Å². The minimum Gasteiger partial charge on any atom is -0.330 e. The van der Waals surface area contributed by atoms with Crippen LogP contribution >= 0.6 is 0 Å². The Balaban J connectivity index is 3.05. The summed E-state index contributed by atoms with van der Waals surface area (Å²) < 4.78 is 32.5. The molecule has 0 saturated carbocycles. The second-order valence-corrected chi connectivity index (χ2v) is 5.70. The fourth-order valence-electron chi connectivity index (χ4n) is 1.66. The van der Waals surface area contributed by atoms with Gasteiger partial charge in [0, 0.05) is 0 Å². The Bertz CT molecular complexity index is 242. The molecule has 0 bridgehead atoms. The quantitative estimate of drug-likeness (QED) is 0.455. The molecule has 0 aromatic carbocycles. The lowest BCUT2D eigenvalue weighted by molar-refractivity contribution is 0.540. The van der Waals surface area contributed by atoms with Crippen molar-refractivity contribution in [2.24, 2.45) is 5.73 Å². The topological polar surface area (TPSA) is 60.2 Å². The van der Waals surface area contributed by atoms with Crippen LogP contribution < -0.4 is 5.73 Å². The molecule has 0 fully saturated rings. The summed E-state index contributed by atoms with van der Waals surface area (Å²) in [6, 6.07) is 0. The lowest BCUT2D eigenvalue weighted by Crippen LogP contribution is -1.98. The van der Waals surface area contributed by atoms with E-state index in [0.717, 1.165) is 32.2 Å². The zero-order valence-electron chi connectivity index (χ0n) is 9.96. The van der Waals surface area contributed by atoms with Gasteiger partial charge in [0.1, 0.15) is 0 Å². The molecule has 0 heterocycles. The highest BCUT2D eigenvalue weighted by Gasteiger charge is 2.05. The van der Waals surface area contributed by atoms with Crippen LogP contribution in [-0.4, -0.2) is 20.7 Å². The molecular formula is C11H24FNO2S. The van der Waals surface area contributed by atoms with Crippen molar-refractivity contribution in [3.63, 3.8) is 0 Å². The Morgan fingerprint density at radius 3 is 1.50 bits per heavy atom. The van der Waals surface area contributed by atoms with Crippen molar-refractivity contribution in [1.29, 1.82) is 0 Å². The van der Waals surface area contributed by atoms with Gasteiger partial charge in [0.2, 0.25) is 0 Å². The molecular weight excluding hydrogens is 229 g/mol. The van der Waals surface area contributed by atoms with E-state index in [2.05, 4.69) is 0 Å². The molecule has 16 heavy (non-hydrogen) atoms. The highest BCUT2D eigenvalue weighted by atomic mass is 32.3. The van der Waals surface area contributed by atoms with E-state index in [4.69, 9.17) is 5.73 Å². The smallest absolute Gasteiger partial charge is 0.302 e. The van der Waals surface area contributed by atoms with Crippen LogP contribution in [0, 0.1) is 0 Å². The molecule has 0 aromatic heterocycles. The third kappa shape index (κ3) is 13.8. The van der Waals surface area contributed by atoms with E-state index in [0.29, 0.717) is 6.42 Å². The van der Waals surface area contributed by atoms with Crippen LogP contribution in [0.1, 0.15) is 57.8 Å². The van der Waals surface area contributed by atoms with Crippen LogP contribution in [0.4, 0.5) is 3.89 Å². The molecule has 0 atom stereocenters. The Kier molecular flexibility index (Phi) is 9.92. The van der Waals surface area contributed by atoms with E-state index in [-0.39, 0.29) is 5.75 Å². The Morgan fingerprint density at radius 2 is 1.12 bits per heavy atom. The van der Waals surface area contributed by atoms with Gasteiger partial charge in [-0.3, -0.25) is 0 Å². The summed E-state index contributed by atoms with van der Waals surface area (Å²) in [5, 5.41) is 0. The van der Waals surface area contributed by atoms with Crippen molar-refractivity contribution >= 4 is 10.2 Å². The maximum absolute atomic E-state index is 12.1. The van der Waals surface area contributed by atoms with Crippen molar-refractivity contribution in [2.45, 2.75) is 57.8 Å². The number of halogens is 1. The van der Waals surface area contributed by atoms with Gasteiger partial charge in [0.05, 0.1) is 5.75 Å². The molecule has 98 valence electrons. The van der Waals surface area contributed by atoms with Crippen molar-refractivity contribution in [2.75, 3.05) is 12.3 Å². The summed E-state index contributed by atoms with van der Waals surface area (Å²) >= 11 is 0.